The van der Waals surface area contributed by atoms with Crippen LogP contribution >= 0.6 is 0 Å². The average Bonchev–Trinajstić information content (AvgIpc) is 1.63. The molecule has 0 rings (SSSR count). The molecule has 0 spiro atoms. The van der Waals surface area contributed by atoms with Crippen molar-refractivity contribution in [3.8, 4) is 0 Å². The fourth-order valence-electron chi connectivity index (χ4n) is 0.275. The van der Waals surface area contributed by atoms with Crippen LogP contribution in [0.25, 0.3) is 0 Å². The van der Waals surface area contributed by atoms with Gasteiger partial charge >= 0.3 is 0 Å². The van der Waals surface area contributed by atoms with Crippen molar-refractivity contribution in [2.45, 2.75) is 26.4 Å². The van der Waals surface area contributed by atoms with Crippen LogP contribution in [0.15, 0.2) is 12.3 Å². The molecule has 9 heavy (non-hydrogen) atoms. The van der Waals surface area contributed by atoms with E-state index in [-0.39, 0.29) is 5.60 Å². The van der Waals surface area contributed by atoms with Crippen LogP contribution in [0.4, 0.5) is 0 Å². The van der Waals surface area contributed by atoms with Crippen LogP contribution in [-0.4, -0.2) is 11.9 Å². The molecule has 0 saturated carbocycles. The Bertz CT molecular complexity index is 109. The lowest BCUT2D eigenvalue weighted by atomic mass is 10.2. The first-order valence-electron chi connectivity index (χ1n) is 2.84. The van der Waals surface area contributed by atoms with Crippen LogP contribution in [0.5, 0.6) is 0 Å². The molecule has 0 unspecified atom stereocenters. The number of ether oxygens (including phenoxy) is 1. The van der Waals surface area contributed by atoms with E-state index in [1.54, 1.807) is 0 Å². The highest BCUT2D eigenvalue weighted by molar-refractivity contribution is 5.64. The minimum Gasteiger partial charge on any atom is -0.496 e. The van der Waals surface area contributed by atoms with Crippen LogP contribution in [-0.2, 0) is 9.53 Å². The summed E-state index contributed by atoms with van der Waals surface area (Å²) in [6.07, 6.45) is 3.41. The maximum absolute atomic E-state index is 9.72. The predicted octanol–water partition coefficient (Wildman–Crippen LogP) is 1.51. The summed E-state index contributed by atoms with van der Waals surface area (Å²) in [6.45, 7) is 5.76. The maximum Gasteiger partial charge on any atom is 0.145 e. The fraction of sp³-hybridized carbons (Fsp3) is 0.571. The second-order valence-electron chi connectivity index (χ2n) is 2.69. The van der Waals surface area contributed by atoms with Crippen LogP contribution < -0.4 is 0 Å². The lowest BCUT2D eigenvalue weighted by molar-refractivity contribution is -0.104. The number of rotatable bonds is 2. The summed E-state index contributed by atoms with van der Waals surface area (Å²) in [4.78, 5) is 9.72. The summed E-state index contributed by atoms with van der Waals surface area (Å²) in [6, 6.07) is 0. The second-order valence-corrected chi connectivity index (χ2v) is 2.69. The Labute approximate surface area is 55.5 Å². The standard InChI is InChI=1S/C7H12O2/c1-7(2,3)9-6-4-5-8/h4-6H,1-3H3/b6-4+. The maximum atomic E-state index is 9.72. The minimum absolute atomic E-state index is 0.195. The molecule has 0 aliphatic rings. The molecule has 0 bridgehead atoms. The molecule has 0 fully saturated rings. The van der Waals surface area contributed by atoms with E-state index in [9.17, 15) is 4.79 Å². The predicted molar refractivity (Wildman–Crippen MR) is 36.0 cm³/mol. The van der Waals surface area contributed by atoms with E-state index in [1.807, 2.05) is 20.8 Å². The Morgan fingerprint density at radius 2 is 1.89 bits per heavy atom. The molecule has 0 aliphatic heterocycles. The number of aldehydes is 1. The molecule has 0 aromatic heterocycles. The molecule has 0 saturated heterocycles. The summed E-state index contributed by atoms with van der Waals surface area (Å²) >= 11 is 0. The quantitative estimate of drug-likeness (QED) is 0.320. The van der Waals surface area contributed by atoms with Gasteiger partial charge in [-0.05, 0) is 20.8 Å². The van der Waals surface area contributed by atoms with Crippen molar-refractivity contribution >= 4 is 6.29 Å². The summed E-state index contributed by atoms with van der Waals surface area (Å²) in [7, 11) is 0. The smallest absolute Gasteiger partial charge is 0.145 e. The van der Waals surface area contributed by atoms with Gasteiger partial charge in [0.25, 0.3) is 0 Å². The molecule has 0 aromatic carbocycles. The fourth-order valence-corrected chi connectivity index (χ4v) is 0.275. The molecular weight excluding hydrogens is 116 g/mol. The van der Waals surface area contributed by atoms with Gasteiger partial charge in [-0.25, -0.2) is 0 Å². The zero-order chi connectivity index (χ0) is 7.33. The van der Waals surface area contributed by atoms with Crippen molar-refractivity contribution < 1.29 is 9.53 Å². The normalized spacial score (nSPS) is 11.9. The largest absolute Gasteiger partial charge is 0.496 e. The van der Waals surface area contributed by atoms with Gasteiger partial charge in [-0.15, -0.1) is 0 Å². The molecule has 0 atom stereocenters. The van der Waals surface area contributed by atoms with E-state index in [1.165, 1.54) is 12.3 Å². The number of carbonyl (C=O) groups excluding carboxylic acids is 1. The molecule has 0 aromatic rings. The topological polar surface area (TPSA) is 26.3 Å². The number of carbonyl (C=O) groups is 1. The number of hydrogen-bond acceptors (Lipinski definition) is 2. The molecule has 0 N–H and O–H groups in total. The molecule has 2 heteroatoms. The van der Waals surface area contributed by atoms with E-state index in [4.69, 9.17) is 4.74 Å². The van der Waals surface area contributed by atoms with E-state index in [0.29, 0.717) is 6.29 Å². The van der Waals surface area contributed by atoms with Gasteiger partial charge in [0.05, 0.1) is 11.9 Å². The SMILES string of the molecule is CC(C)(C)O/C=C/C=O. The highest BCUT2D eigenvalue weighted by atomic mass is 16.5. The Balaban J connectivity index is 3.50. The summed E-state index contributed by atoms with van der Waals surface area (Å²) in [5.74, 6) is 0. The summed E-state index contributed by atoms with van der Waals surface area (Å²) in [5, 5.41) is 0. The van der Waals surface area contributed by atoms with Gasteiger partial charge in [0, 0.05) is 6.08 Å². The zero-order valence-electron chi connectivity index (χ0n) is 6.05. The Morgan fingerprint density at radius 1 is 1.33 bits per heavy atom. The summed E-state index contributed by atoms with van der Waals surface area (Å²) < 4.78 is 5.06. The Kier molecular flexibility index (Phi) is 2.99. The summed E-state index contributed by atoms with van der Waals surface area (Å²) in [5.41, 5.74) is -0.195. The van der Waals surface area contributed by atoms with E-state index in [0.717, 1.165) is 0 Å². The first-order valence-corrected chi connectivity index (χ1v) is 2.84. The molecule has 0 amide bonds. The molecule has 2 nitrogen and oxygen atoms in total. The molecular formula is C7H12O2. The van der Waals surface area contributed by atoms with Crippen molar-refractivity contribution in [2.24, 2.45) is 0 Å². The van der Waals surface area contributed by atoms with E-state index in [2.05, 4.69) is 0 Å². The first kappa shape index (κ1) is 8.21. The Morgan fingerprint density at radius 3 is 2.22 bits per heavy atom. The van der Waals surface area contributed by atoms with Gasteiger partial charge in [-0.1, -0.05) is 0 Å². The monoisotopic (exact) mass is 128 g/mol. The van der Waals surface area contributed by atoms with E-state index >= 15 is 0 Å². The van der Waals surface area contributed by atoms with Gasteiger partial charge < -0.3 is 4.74 Å². The number of allylic oxidation sites excluding steroid dienone is 1. The van der Waals surface area contributed by atoms with Crippen LogP contribution in [0.1, 0.15) is 20.8 Å². The first-order chi connectivity index (χ1) is 4.06. The van der Waals surface area contributed by atoms with Gasteiger partial charge in [-0.2, -0.15) is 0 Å². The molecule has 0 radical (unpaired) electrons. The third-order valence-electron chi connectivity index (χ3n) is 0.579. The lowest BCUT2D eigenvalue weighted by Crippen LogP contribution is -2.15. The third-order valence-corrected chi connectivity index (χ3v) is 0.579. The highest BCUT2D eigenvalue weighted by Gasteiger charge is 2.06. The van der Waals surface area contributed by atoms with Crippen molar-refractivity contribution in [1.29, 1.82) is 0 Å². The van der Waals surface area contributed by atoms with Crippen molar-refractivity contribution in [1.82, 2.24) is 0 Å². The van der Waals surface area contributed by atoms with Crippen molar-refractivity contribution in [3.63, 3.8) is 0 Å². The van der Waals surface area contributed by atoms with Crippen LogP contribution in [0, 0.1) is 0 Å². The average molecular weight is 128 g/mol. The van der Waals surface area contributed by atoms with Crippen LogP contribution in [0.3, 0.4) is 0 Å². The van der Waals surface area contributed by atoms with E-state index < -0.39 is 0 Å². The second kappa shape index (κ2) is 3.28. The van der Waals surface area contributed by atoms with Gasteiger partial charge in [0.2, 0.25) is 0 Å². The lowest BCUT2D eigenvalue weighted by Gasteiger charge is -2.16. The Hall–Kier alpha value is -0.790. The molecule has 0 aliphatic carbocycles. The van der Waals surface area contributed by atoms with Crippen molar-refractivity contribution in [2.75, 3.05) is 0 Å². The molecule has 52 valence electrons. The molecule has 0 heterocycles. The van der Waals surface area contributed by atoms with Gasteiger partial charge in [-0.3, -0.25) is 4.79 Å². The van der Waals surface area contributed by atoms with Gasteiger partial charge in [0.1, 0.15) is 6.29 Å². The highest BCUT2D eigenvalue weighted by Crippen LogP contribution is 2.05. The van der Waals surface area contributed by atoms with Gasteiger partial charge in [0.15, 0.2) is 0 Å². The zero-order valence-corrected chi connectivity index (χ0v) is 6.05. The third kappa shape index (κ3) is 7.21. The van der Waals surface area contributed by atoms with Crippen LogP contribution in [0.2, 0.25) is 0 Å². The number of hydrogen-bond donors (Lipinski definition) is 0. The minimum atomic E-state index is -0.195. The van der Waals surface area contributed by atoms with Crippen molar-refractivity contribution in [3.05, 3.63) is 12.3 Å².